The van der Waals surface area contributed by atoms with Crippen molar-refractivity contribution in [3.8, 4) is 0 Å². The smallest absolute Gasteiger partial charge is 0.354 e. The monoisotopic (exact) mass is 237 g/mol. The number of rotatable bonds is 5. The van der Waals surface area contributed by atoms with E-state index in [9.17, 15) is 4.79 Å². The maximum absolute atomic E-state index is 10.9. The van der Waals surface area contributed by atoms with E-state index in [1.54, 1.807) is 6.07 Å². The molecule has 0 aliphatic carbocycles. The fourth-order valence-corrected chi connectivity index (χ4v) is 1.87. The largest absolute Gasteiger partial charge is 0.477 e. The van der Waals surface area contributed by atoms with Crippen molar-refractivity contribution in [3.05, 3.63) is 17.8 Å². The predicted molar refractivity (Wildman–Crippen MR) is 68.4 cm³/mol. The van der Waals surface area contributed by atoms with Gasteiger partial charge in [0.05, 0.1) is 5.69 Å². The number of aromatic nitrogens is 1. The highest BCUT2D eigenvalue weighted by molar-refractivity contribution is 5.87. The van der Waals surface area contributed by atoms with Crippen molar-refractivity contribution in [1.82, 2.24) is 4.98 Å². The molecule has 0 spiro atoms. The highest BCUT2D eigenvalue weighted by Gasteiger charge is 2.17. The highest BCUT2D eigenvalue weighted by atomic mass is 16.4. The van der Waals surface area contributed by atoms with Crippen molar-refractivity contribution in [1.29, 1.82) is 0 Å². The average molecular weight is 237 g/mol. The standard InChI is InChI=1S/C12H19N3O2/c1-4-8(5-2)15(3)11-9(13)6-7-10(14-11)12(16)17/h6-8H,4-5,13H2,1-3H3,(H,16,17). The first-order chi connectivity index (χ1) is 8.01. The molecule has 0 fully saturated rings. The third-order valence-corrected chi connectivity index (χ3v) is 2.95. The molecule has 0 aliphatic heterocycles. The summed E-state index contributed by atoms with van der Waals surface area (Å²) in [4.78, 5) is 16.9. The molecule has 0 saturated heterocycles. The van der Waals surface area contributed by atoms with Crippen LogP contribution in [0.25, 0.3) is 0 Å². The van der Waals surface area contributed by atoms with E-state index in [1.165, 1.54) is 6.07 Å². The van der Waals surface area contributed by atoms with Crippen LogP contribution in [-0.2, 0) is 0 Å². The number of carboxylic acids is 1. The molecule has 1 aromatic heterocycles. The van der Waals surface area contributed by atoms with Crippen LogP contribution >= 0.6 is 0 Å². The Morgan fingerprint density at radius 3 is 2.53 bits per heavy atom. The molecule has 0 saturated carbocycles. The van der Waals surface area contributed by atoms with Crippen molar-refractivity contribution in [2.24, 2.45) is 0 Å². The summed E-state index contributed by atoms with van der Waals surface area (Å²) in [5, 5.41) is 8.91. The molecule has 0 amide bonds. The first kappa shape index (κ1) is 13.3. The molecule has 1 rings (SSSR count). The van der Waals surface area contributed by atoms with Gasteiger partial charge in [0.25, 0.3) is 0 Å². The van der Waals surface area contributed by atoms with Crippen LogP contribution in [0.5, 0.6) is 0 Å². The van der Waals surface area contributed by atoms with Gasteiger partial charge in [-0.15, -0.1) is 0 Å². The molecule has 5 heteroatoms. The normalized spacial score (nSPS) is 10.6. The van der Waals surface area contributed by atoms with Gasteiger partial charge in [0, 0.05) is 13.1 Å². The zero-order valence-corrected chi connectivity index (χ0v) is 10.5. The maximum atomic E-state index is 10.9. The van der Waals surface area contributed by atoms with Crippen LogP contribution in [0.4, 0.5) is 11.5 Å². The molecule has 0 bridgehead atoms. The SMILES string of the molecule is CCC(CC)N(C)c1nc(C(=O)O)ccc1N. The van der Waals surface area contributed by atoms with E-state index in [0.29, 0.717) is 17.5 Å². The van der Waals surface area contributed by atoms with Crippen LogP contribution in [0.15, 0.2) is 12.1 Å². The molecule has 5 nitrogen and oxygen atoms in total. The van der Waals surface area contributed by atoms with Gasteiger partial charge in [-0.3, -0.25) is 0 Å². The zero-order chi connectivity index (χ0) is 13.0. The van der Waals surface area contributed by atoms with Gasteiger partial charge in [0.15, 0.2) is 11.5 Å². The first-order valence-electron chi connectivity index (χ1n) is 5.73. The van der Waals surface area contributed by atoms with E-state index in [4.69, 9.17) is 10.8 Å². The predicted octanol–water partition coefficient (Wildman–Crippen LogP) is 1.99. The van der Waals surface area contributed by atoms with E-state index in [-0.39, 0.29) is 5.69 Å². The van der Waals surface area contributed by atoms with Crippen LogP contribution < -0.4 is 10.6 Å². The van der Waals surface area contributed by atoms with Gasteiger partial charge in [0.2, 0.25) is 0 Å². The number of nitrogens with zero attached hydrogens (tertiary/aromatic N) is 2. The lowest BCUT2D eigenvalue weighted by atomic mass is 10.1. The lowest BCUT2D eigenvalue weighted by Gasteiger charge is -2.28. The Hall–Kier alpha value is -1.78. The Morgan fingerprint density at radius 1 is 1.47 bits per heavy atom. The Bertz CT molecular complexity index is 403. The van der Waals surface area contributed by atoms with Crippen molar-refractivity contribution < 1.29 is 9.90 Å². The van der Waals surface area contributed by atoms with Gasteiger partial charge in [-0.25, -0.2) is 9.78 Å². The first-order valence-corrected chi connectivity index (χ1v) is 5.73. The molecule has 0 atom stereocenters. The number of carbonyl (C=O) groups is 1. The minimum absolute atomic E-state index is 0.0204. The molecule has 94 valence electrons. The molecule has 17 heavy (non-hydrogen) atoms. The third kappa shape index (κ3) is 2.87. The number of hydrogen-bond acceptors (Lipinski definition) is 4. The lowest BCUT2D eigenvalue weighted by molar-refractivity contribution is 0.0690. The van der Waals surface area contributed by atoms with Crippen molar-refractivity contribution in [2.45, 2.75) is 32.7 Å². The van der Waals surface area contributed by atoms with Crippen LogP contribution in [-0.4, -0.2) is 29.1 Å². The fraction of sp³-hybridized carbons (Fsp3) is 0.500. The number of nitrogen functional groups attached to an aromatic ring is 1. The molecule has 0 aromatic carbocycles. The Labute approximate surface area is 101 Å². The minimum atomic E-state index is -1.04. The average Bonchev–Trinajstić information content (AvgIpc) is 2.30. The van der Waals surface area contributed by atoms with Crippen molar-refractivity contribution in [2.75, 3.05) is 17.7 Å². The second-order valence-corrected chi connectivity index (χ2v) is 4.00. The Morgan fingerprint density at radius 2 is 2.06 bits per heavy atom. The van der Waals surface area contributed by atoms with Gasteiger partial charge >= 0.3 is 5.97 Å². The molecule has 0 radical (unpaired) electrons. The zero-order valence-electron chi connectivity index (χ0n) is 10.5. The molecular weight excluding hydrogens is 218 g/mol. The maximum Gasteiger partial charge on any atom is 0.354 e. The summed E-state index contributed by atoms with van der Waals surface area (Å²) < 4.78 is 0. The van der Waals surface area contributed by atoms with E-state index in [1.807, 2.05) is 11.9 Å². The van der Waals surface area contributed by atoms with Crippen molar-refractivity contribution >= 4 is 17.5 Å². The molecule has 3 N–H and O–H groups in total. The van der Waals surface area contributed by atoms with Crippen molar-refractivity contribution in [3.63, 3.8) is 0 Å². The summed E-state index contributed by atoms with van der Waals surface area (Å²) >= 11 is 0. The van der Waals surface area contributed by atoms with Gasteiger partial charge in [0.1, 0.15) is 0 Å². The topological polar surface area (TPSA) is 79.5 Å². The molecule has 1 aromatic rings. The number of nitrogens with two attached hydrogens (primary N) is 1. The van der Waals surface area contributed by atoms with E-state index in [2.05, 4.69) is 18.8 Å². The van der Waals surface area contributed by atoms with Gasteiger partial charge in [-0.1, -0.05) is 13.8 Å². The number of aromatic carboxylic acids is 1. The number of anilines is 2. The summed E-state index contributed by atoms with van der Waals surface area (Å²) in [6.45, 7) is 4.17. The number of carboxylic acid groups (broad SMARTS) is 1. The van der Waals surface area contributed by atoms with E-state index in [0.717, 1.165) is 12.8 Å². The minimum Gasteiger partial charge on any atom is -0.477 e. The molecular formula is C12H19N3O2. The van der Waals surface area contributed by atoms with Gasteiger partial charge in [-0.2, -0.15) is 0 Å². The van der Waals surface area contributed by atoms with Crippen LogP contribution in [0, 0.1) is 0 Å². The summed E-state index contributed by atoms with van der Waals surface area (Å²) in [6, 6.07) is 3.32. The van der Waals surface area contributed by atoms with Gasteiger partial charge in [-0.05, 0) is 25.0 Å². The lowest BCUT2D eigenvalue weighted by Crippen LogP contribution is -2.32. The van der Waals surface area contributed by atoms with Crippen LogP contribution in [0.1, 0.15) is 37.2 Å². The summed E-state index contributed by atoms with van der Waals surface area (Å²) in [7, 11) is 1.89. The fourth-order valence-electron chi connectivity index (χ4n) is 1.87. The summed E-state index contributed by atoms with van der Waals surface area (Å²) in [5.41, 5.74) is 6.37. The molecule has 1 heterocycles. The second-order valence-electron chi connectivity index (χ2n) is 4.00. The Kier molecular flexibility index (Phi) is 4.31. The summed E-state index contributed by atoms with van der Waals surface area (Å²) in [6.07, 6.45) is 1.93. The molecule has 0 unspecified atom stereocenters. The summed E-state index contributed by atoms with van der Waals surface area (Å²) in [5.74, 6) is -0.497. The highest BCUT2D eigenvalue weighted by Crippen LogP contribution is 2.23. The quantitative estimate of drug-likeness (QED) is 0.818. The van der Waals surface area contributed by atoms with Crippen LogP contribution in [0.3, 0.4) is 0 Å². The molecule has 0 aliphatic rings. The number of hydrogen-bond donors (Lipinski definition) is 2. The third-order valence-electron chi connectivity index (χ3n) is 2.95. The van der Waals surface area contributed by atoms with Crippen LogP contribution in [0.2, 0.25) is 0 Å². The Balaban J connectivity index is 3.11. The van der Waals surface area contributed by atoms with E-state index >= 15 is 0 Å². The van der Waals surface area contributed by atoms with E-state index < -0.39 is 5.97 Å². The second kappa shape index (κ2) is 5.52. The van der Waals surface area contributed by atoms with Gasteiger partial charge < -0.3 is 15.7 Å². The number of pyridine rings is 1.